The Labute approximate surface area is 144 Å². The first-order chi connectivity index (χ1) is 11.5. The molecule has 0 aromatic heterocycles. The molecule has 1 saturated heterocycles. The third kappa shape index (κ3) is 5.34. The largest absolute Gasteiger partial charge is 0.352 e. The highest BCUT2D eigenvalue weighted by Crippen LogP contribution is 2.13. The lowest BCUT2D eigenvalue weighted by atomic mass is 10.0. The summed E-state index contributed by atoms with van der Waals surface area (Å²) in [5.74, 6) is 0.242. The second kappa shape index (κ2) is 8.83. The minimum absolute atomic E-state index is 0.0844. The maximum Gasteiger partial charge on any atom is 0.237 e. The smallest absolute Gasteiger partial charge is 0.237 e. The topological polar surface area (TPSA) is 75.4 Å². The summed E-state index contributed by atoms with van der Waals surface area (Å²) < 4.78 is 0. The Kier molecular flexibility index (Phi) is 6.79. The molecule has 0 saturated carbocycles. The van der Waals surface area contributed by atoms with E-state index in [1.165, 1.54) is 5.56 Å². The van der Waals surface area contributed by atoms with Crippen LogP contribution in [0.3, 0.4) is 0 Å². The molecule has 0 spiro atoms. The van der Waals surface area contributed by atoms with Crippen LogP contribution >= 0.6 is 0 Å². The van der Waals surface area contributed by atoms with Crippen LogP contribution in [0.15, 0.2) is 30.3 Å². The maximum absolute atomic E-state index is 12.3. The Hall–Kier alpha value is -1.88. The SMILES string of the molecule is CC(C)[C@H](N)C(=O)NC1CCN(C(=O)CCc2ccccc2)CC1. The van der Waals surface area contributed by atoms with Gasteiger partial charge in [-0.25, -0.2) is 0 Å². The molecule has 5 heteroatoms. The highest BCUT2D eigenvalue weighted by Gasteiger charge is 2.26. The minimum atomic E-state index is -0.462. The quantitative estimate of drug-likeness (QED) is 0.833. The van der Waals surface area contributed by atoms with E-state index in [1.54, 1.807) is 0 Å². The molecule has 24 heavy (non-hydrogen) atoms. The van der Waals surface area contributed by atoms with Gasteiger partial charge in [0.1, 0.15) is 0 Å². The lowest BCUT2D eigenvalue weighted by Gasteiger charge is -2.33. The lowest BCUT2D eigenvalue weighted by Crippen LogP contribution is -2.51. The van der Waals surface area contributed by atoms with Gasteiger partial charge in [0.2, 0.25) is 11.8 Å². The van der Waals surface area contributed by atoms with E-state index in [-0.39, 0.29) is 23.8 Å². The van der Waals surface area contributed by atoms with Gasteiger partial charge in [0.25, 0.3) is 0 Å². The van der Waals surface area contributed by atoms with Crippen molar-refractivity contribution < 1.29 is 9.59 Å². The van der Waals surface area contributed by atoms with Crippen molar-refractivity contribution in [2.45, 2.75) is 51.6 Å². The number of benzene rings is 1. The maximum atomic E-state index is 12.3. The lowest BCUT2D eigenvalue weighted by molar-refractivity contribution is -0.132. The number of hydrogen-bond acceptors (Lipinski definition) is 3. The van der Waals surface area contributed by atoms with Crippen LogP contribution in [0.4, 0.5) is 0 Å². The van der Waals surface area contributed by atoms with Crippen molar-refractivity contribution >= 4 is 11.8 Å². The van der Waals surface area contributed by atoms with E-state index in [4.69, 9.17) is 5.73 Å². The van der Waals surface area contributed by atoms with Crippen LogP contribution in [0.25, 0.3) is 0 Å². The molecule has 0 radical (unpaired) electrons. The van der Waals surface area contributed by atoms with Crippen molar-refractivity contribution in [3.8, 4) is 0 Å². The molecular weight excluding hydrogens is 302 g/mol. The standard InChI is InChI=1S/C19H29N3O2/c1-14(2)18(20)19(24)21-16-10-12-22(13-11-16)17(23)9-8-15-6-4-3-5-7-15/h3-7,14,16,18H,8-13,20H2,1-2H3,(H,21,24)/t18-/m0/s1. The number of piperidine rings is 1. The van der Waals surface area contributed by atoms with E-state index in [2.05, 4.69) is 5.32 Å². The zero-order valence-electron chi connectivity index (χ0n) is 14.7. The fourth-order valence-corrected chi connectivity index (χ4v) is 2.93. The van der Waals surface area contributed by atoms with Crippen LogP contribution in [0.2, 0.25) is 0 Å². The number of nitrogens with zero attached hydrogens (tertiary/aromatic N) is 1. The summed E-state index contributed by atoms with van der Waals surface area (Å²) in [5, 5.41) is 3.02. The number of amides is 2. The first-order valence-electron chi connectivity index (χ1n) is 8.85. The predicted molar refractivity (Wildman–Crippen MR) is 95.3 cm³/mol. The van der Waals surface area contributed by atoms with E-state index >= 15 is 0 Å². The van der Waals surface area contributed by atoms with Crippen molar-refractivity contribution in [3.05, 3.63) is 35.9 Å². The number of rotatable bonds is 6. The number of carbonyl (C=O) groups excluding carboxylic acids is 2. The van der Waals surface area contributed by atoms with E-state index < -0.39 is 6.04 Å². The third-order valence-corrected chi connectivity index (χ3v) is 4.69. The highest BCUT2D eigenvalue weighted by atomic mass is 16.2. The molecule has 1 aromatic rings. The fraction of sp³-hybridized carbons (Fsp3) is 0.579. The number of carbonyl (C=O) groups is 2. The van der Waals surface area contributed by atoms with E-state index in [0.717, 1.165) is 19.3 Å². The summed E-state index contributed by atoms with van der Waals surface area (Å²) in [4.78, 5) is 26.2. The Morgan fingerprint density at radius 3 is 2.42 bits per heavy atom. The van der Waals surface area contributed by atoms with Gasteiger partial charge in [-0.1, -0.05) is 44.2 Å². The molecule has 2 amide bonds. The van der Waals surface area contributed by atoms with Gasteiger partial charge >= 0.3 is 0 Å². The van der Waals surface area contributed by atoms with Gasteiger partial charge < -0.3 is 16.0 Å². The van der Waals surface area contributed by atoms with Gasteiger partial charge in [-0.05, 0) is 30.7 Å². The number of likely N-dealkylation sites (tertiary alicyclic amines) is 1. The van der Waals surface area contributed by atoms with Crippen molar-refractivity contribution in [2.24, 2.45) is 11.7 Å². The van der Waals surface area contributed by atoms with Gasteiger partial charge in [0.15, 0.2) is 0 Å². The van der Waals surface area contributed by atoms with E-state index in [0.29, 0.717) is 19.5 Å². The van der Waals surface area contributed by atoms with Crippen LogP contribution < -0.4 is 11.1 Å². The Bertz CT molecular complexity index is 537. The van der Waals surface area contributed by atoms with Gasteiger partial charge in [0.05, 0.1) is 6.04 Å². The van der Waals surface area contributed by atoms with Crippen LogP contribution in [-0.2, 0) is 16.0 Å². The van der Waals surface area contributed by atoms with E-state index in [1.807, 2.05) is 49.1 Å². The molecule has 3 N–H and O–H groups in total. The van der Waals surface area contributed by atoms with Crippen molar-refractivity contribution in [1.29, 1.82) is 0 Å². The monoisotopic (exact) mass is 331 g/mol. The van der Waals surface area contributed by atoms with Gasteiger partial charge in [-0.3, -0.25) is 9.59 Å². The molecule has 0 bridgehead atoms. The second-order valence-corrected chi connectivity index (χ2v) is 6.92. The first-order valence-corrected chi connectivity index (χ1v) is 8.85. The van der Waals surface area contributed by atoms with Gasteiger partial charge in [0, 0.05) is 25.6 Å². The zero-order valence-corrected chi connectivity index (χ0v) is 14.7. The molecule has 1 atom stereocenters. The minimum Gasteiger partial charge on any atom is -0.352 e. The van der Waals surface area contributed by atoms with Gasteiger partial charge in [-0.2, -0.15) is 0 Å². The Morgan fingerprint density at radius 1 is 1.21 bits per heavy atom. The summed E-state index contributed by atoms with van der Waals surface area (Å²) >= 11 is 0. The fourth-order valence-electron chi connectivity index (χ4n) is 2.93. The summed E-state index contributed by atoms with van der Waals surface area (Å²) in [6, 6.07) is 9.73. The first kappa shape index (κ1) is 18.5. The van der Waals surface area contributed by atoms with Crippen molar-refractivity contribution in [1.82, 2.24) is 10.2 Å². The molecule has 132 valence electrons. The number of aryl methyl sites for hydroxylation is 1. The molecule has 5 nitrogen and oxygen atoms in total. The number of hydrogen-bond donors (Lipinski definition) is 2. The van der Waals surface area contributed by atoms with Crippen LogP contribution in [-0.4, -0.2) is 41.9 Å². The van der Waals surface area contributed by atoms with Crippen LogP contribution in [0.5, 0.6) is 0 Å². The summed E-state index contributed by atoms with van der Waals surface area (Å²) in [5.41, 5.74) is 7.06. The Morgan fingerprint density at radius 2 is 1.83 bits per heavy atom. The van der Waals surface area contributed by atoms with E-state index in [9.17, 15) is 9.59 Å². The molecule has 1 fully saturated rings. The summed E-state index contributed by atoms with van der Waals surface area (Å²) in [6.07, 6.45) is 2.92. The van der Waals surface area contributed by atoms with Crippen molar-refractivity contribution in [3.63, 3.8) is 0 Å². The number of nitrogens with two attached hydrogens (primary N) is 1. The highest BCUT2D eigenvalue weighted by molar-refractivity contribution is 5.82. The molecular formula is C19H29N3O2. The molecule has 1 heterocycles. The second-order valence-electron chi connectivity index (χ2n) is 6.92. The van der Waals surface area contributed by atoms with Gasteiger partial charge in [-0.15, -0.1) is 0 Å². The zero-order chi connectivity index (χ0) is 17.5. The Balaban J connectivity index is 1.72. The normalized spacial score (nSPS) is 16.9. The predicted octanol–water partition coefficient (Wildman–Crippen LogP) is 1.71. The van der Waals surface area contributed by atoms with Crippen molar-refractivity contribution in [2.75, 3.05) is 13.1 Å². The molecule has 1 aromatic carbocycles. The molecule has 0 aliphatic carbocycles. The summed E-state index contributed by atoms with van der Waals surface area (Å²) in [6.45, 7) is 5.29. The molecule has 2 rings (SSSR count). The van der Waals surface area contributed by atoms with Crippen LogP contribution in [0, 0.1) is 5.92 Å². The number of nitrogens with one attached hydrogen (secondary N) is 1. The molecule has 1 aliphatic rings. The summed E-state index contributed by atoms with van der Waals surface area (Å²) in [7, 11) is 0. The average Bonchev–Trinajstić information content (AvgIpc) is 2.60. The molecule has 0 unspecified atom stereocenters. The van der Waals surface area contributed by atoms with Crippen LogP contribution in [0.1, 0.15) is 38.7 Å². The third-order valence-electron chi connectivity index (χ3n) is 4.69. The molecule has 1 aliphatic heterocycles. The average molecular weight is 331 g/mol.